The van der Waals surface area contributed by atoms with Gasteiger partial charge in [-0.3, -0.25) is 14.3 Å². The van der Waals surface area contributed by atoms with E-state index in [4.69, 9.17) is 25.6 Å². The number of methoxy groups -OCH3 is 2. The van der Waals surface area contributed by atoms with Crippen molar-refractivity contribution in [3.63, 3.8) is 0 Å². The summed E-state index contributed by atoms with van der Waals surface area (Å²) in [6.45, 7) is 9.59. The number of hydrogen-bond acceptors (Lipinski definition) is 9. The van der Waals surface area contributed by atoms with Crippen molar-refractivity contribution in [2.24, 2.45) is 0 Å². The number of aryl methyl sites for hydroxylation is 1. The van der Waals surface area contributed by atoms with Crippen LogP contribution >= 0.6 is 0 Å². The monoisotopic (exact) mass is 777 g/mol. The molecular formula is C43H47N5O7S. The summed E-state index contributed by atoms with van der Waals surface area (Å²) in [6.07, 6.45) is 8.90. The number of nitrogens with one attached hydrogen (secondary N) is 3. The van der Waals surface area contributed by atoms with E-state index in [0.29, 0.717) is 61.0 Å². The largest absolute Gasteiger partial charge is 0.492 e. The molecule has 3 N–H and O–H groups in total. The van der Waals surface area contributed by atoms with E-state index < -0.39 is 15.9 Å². The maximum atomic E-state index is 13.8. The van der Waals surface area contributed by atoms with Crippen LogP contribution in [0.1, 0.15) is 69.6 Å². The molecule has 12 nitrogen and oxygen atoms in total. The molecule has 292 valence electrons. The van der Waals surface area contributed by atoms with Gasteiger partial charge in [0, 0.05) is 48.3 Å². The molecule has 5 rings (SSSR count). The van der Waals surface area contributed by atoms with Gasteiger partial charge in [0.2, 0.25) is 10.0 Å². The van der Waals surface area contributed by atoms with Crippen LogP contribution in [0.3, 0.4) is 0 Å². The number of sulfonamides is 1. The van der Waals surface area contributed by atoms with E-state index in [2.05, 4.69) is 26.3 Å². The standard InChI is InChI=1S/C43H47N5O7S/c1-9-28-18-29(20-32(19-28)41(49)44-14-15-55-17-16-53-6)21-39-45-26-33-22-30(12-13-36(33)46-39)35-23-31(11-10-27(35)2)42(50)47-37-24-34(43(3,4)5)25-38(40(37)54-7)48-56(8,51)52/h1,10-13,18-20,22-26,48H,14-17,21H2,2-8H3,(H,44,49)(H,47,50). The van der Waals surface area contributed by atoms with E-state index in [0.717, 1.165) is 45.0 Å². The van der Waals surface area contributed by atoms with Crippen molar-refractivity contribution in [3.05, 3.63) is 112 Å². The molecule has 2 amide bonds. The van der Waals surface area contributed by atoms with Gasteiger partial charge in [-0.15, -0.1) is 6.42 Å². The Hall–Kier alpha value is -5.81. The molecule has 0 spiro atoms. The molecule has 1 aromatic heterocycles. The minimum absolute atomic E-state index is 0.197. The van der Waals surface area contributed by atoms with Crippen LogP contribution in [0.25, 0.3) is 22.0 Å². The van der Waals surface area contributed by atoms with E-state index in [1.54, 1.807) is 43.6 Å². The number of terminal acetylenes is 1. The predicted octanol–water partition coefficient (Wildman–Crippen LogP) is 6.50. The topological polar surface area (TPSA) is 158 Å². The summed E-state index contributed by atoms with van der Waals surface area (Å²) in [5.74, 6) is 2.74. The Labute approximate surface area is 328 Å². The molecule has 0 bridgehead atoms. The molecule has 5 aromatic rings. The number of amides is 2. The van der Waals surface area contributed by atoms with Crippen LogP contribution in [0.15, 0.2) is 72.9 Å². The van der Waals surface area contributed by atoms with Gasteiger partial charge in [0.15, 0.2) is 5.75 Å². The maximum absolute atomic E-state index is 13.8. The third-order valence-corrected chi connectivity index (χ3v) is 9.48. The fraction of sp³-hybridized carbons (Fsp3) is 0.302. The summed E-state index contributed by atoms with van der Waals surface area (Å²) in [4.78, 5) is 36.1. The van der Waals surface area contributed by atoms with E-state index >= 15 is 0 Å². The first kappa shape index (κ1) is 41.4. The zero-order chi connectivity index (χ0) is 40.6. The average Bonchev–Trinajstić information content (AvgIpc) is 3.14. The van der Waals surface area contributed by atoms with Crippen molar-refractivity contribution in [1.82, 2.24) is 15.3 Å². The minimum Gasteiger partial charge on any atom is -0.492 e. The average molecular weight is 778 g/mol. The molecule has 56 heavy (non-hydrogen) atoms. The SMILES string of the molecule is C#Cc1cc(Cc2ncc3cc(-c4cc(C(=O)Nc5cc(C(C)(C)C)cc(NS(C)(=O)=O)c5OC)ccc4C)ccc3n2)cc(C(=O)NCCOCCOC)c1. The Kier molecular flexibility index (Phi) is 13.1. The van der Waals surface area contributed by atoms with Gasteiger partial charge < -0.3 is 24.8 Å². The highest BCUT2D eigenvalue weighted by Crippen LogP contribution is 2.39. The van der Waals surface area contributed by atoms with E-state index in [1.807, 2.05) is 64.1 Å². The van der Waals surface area contributed by atoms with Crippen molar-refractivity contribution in [2.45, 2.75) is 39.5 Å². The van der Waals surface area contributed by atoms with E-state index in [-0.39, 0.29) is 22.8 Å². The molecule has 13 heteroatoms. The summed E-state index contributed by atoms with van der Waals surface area (Å²) < 4.78 is 42.9. The number of carbonyl (C=O) groups is 2. The summed E-state index contributed by atoms with van der Waals surface area (Å²) in [7, 11) is -0.612. The number of nitrogens with zero attached hydrogens (tertiary/aromatic N) is 2. The highest BCUT2D eigenvalue weighted by molar-refractivity contribution is 7.92. The second kappa shape index (κ2) is 17.8. The van der Waals surface area contributed by atoms with Crippen LogP contribution in [0.5, 0.6) is 5.75 Å². The van der Waals surface area contributed by atoms with Gasteiger partial charge in [-0.2, -0.15) is 0 Å². The number of fused-ring (bicyclic) bond motifs is 1. The molecule has 0 radical (unpaired) electrons. The molecule has 0 fully saturated rings. The number of carbonyl (C=O) groups excluding carboxylic acids is 2. The van der Waals surface area contributed by atoms with Crippen molar-refractivity contribution in [2.75, 3.05) is 56.9 Å². The Morgan fingerprint density at radius 1 is 0.893 bits per heavy atom. The van der Waals surface area contributed by atoms with Gasteiger partial charge in [0.1, 0.15) is 5.82 Å². The van der Waals surface area contributed by atoms with Crippen LogP contribution in [0.4, 0.5) is 11.4 Å². The number of benzene rings is 4. The Bertz CT molecular complexity index is 2420. The van der Waals surface area contributed by atoms with Crippen molar-refractivity contribution in [3.8, 4) is 29.2 Å². The van der Waals surface area contributed by atoms with Crippen molar-refractivity contribution < 1.29 is 32.2 Å². The molecule has 0 aliphatic carbocycles. The van der Waals surface area contributed by atoms with Gasteiger partial charge >= 0.3 is 0 Å². The molecular weight excluding hydrogens is 731 g/mol. The highest BCUT2D eigenvalue weighted by Gasteiger charge is 2.23. The van der Waals surface area contributed by atoms with Crippen LogP contribution in [-0.4, -0.2) is 77.0 Å². The molecule has 0 saturated heterocycles. The van der Waals surface area contributed by atoms with Crippen LogP contribution in [0.2, 0.25) is 0 Å². The second-order valence-corrected chi connectivity index (χ2v) is 16.1. The molecule has 0 atom stereocenters. The number of ether oxygens (including phenoxy) is 3. The summed E-state index contributed by atoms with van der Waals surface area (Å²) in [6, 6.07) is 20.1. The van der Waals surface area contributed by atoms with Crippen LogP contribution < -0.4 is 20.1 Å². The quantitative estimate of drug-likeness (QED) is 0.0798. The fourth-order valence-corrected chi connectivity index (χ4v) is 6.57. The lowest BCUT2D eigenvalue weighted by Crippen LogP contribution is -2.27. The molecule has 4 aromatic carbocycles. The van der Waals surface area contributed by atoms with Gasteiger partial charge in [-0.05, 0) is 94.8 Å². The van der Waals surface area contributed by atoms with Gasteiger partial charge in [0.05, 0.1) is 50.1 Å². The normalized spacial score (nSPS) is 11.5. The van der Waals surface area contributed by atoms with Crippen LogP contribution in [-0.2, 0) is 31.3 Å². The zero-order valence-corrected chi connectivity index (χ0v) is 33.5. The fourth-order valence-electron chi connectivity index (χ4n) is 6.02. The molecule has 1 heterocycles. The smallest absolute Gasteiger partial charge is 0.255 e. The molecule has 0 saturated carbocycles. The first-order chi connectivity index (χ1) is 26.6. The maximum Gasteiger partial charge on any atom is 0.255 e. The predicted molar refractivity (Wildman–Crippen MR) is 220 cm³/mol. The van der Waals surface area contributed by atoms with Crippen molar-refractivity contribution in [1.29, 1.82) is 0 Å². The Morgan fingerprint density at radius 3 is 2.36 bits per heavy atom. The Morgan fingerprint density at radius 2 is 1.66 bits per heavy atom. The van der Waals surface area contributed by atoms with Gasteiger partial charge in [-0.1, -0.05) is 38.8 Å². The molecule has 0 aliphatic heterocycles. The van der Waals surface area contributed by atoms with E-state index in [1.165, 1.54) is 7.11 Å². The molecule has 0 unspecified atom stereocenters. The second-order valence-electron chi connectivity index (χ2n) is 14.4. The number of rotatable bonds is 15. The van der Waals surface area contributed by atoms with Crippen molar-refractivity contribution >= 4 is 44.1 Å². The molecule has 0 aliphatic rings. The summed E-state index contributed by atoms with van der Waals surface area (Å²) in [5.41, 5.74) is 6.63. The minimum atomic E-state index is -3.63. The van der Waals surface area contributed by atoms with Gasteiger partial charge in [0.25, 0.3) is 11.8 Å². The van der Waals surface area contributed by atoms with E-state index in [9.17, 15) is 18.0 Å². The first-order valence-electron chi connectivity index (χ1n) is 17.9. The summed E-state index contributed by atoms with van der Waals surface area (Å²) >= 11 is 0. The van der Waals surface area contributed by atoms with Gasteiger partial charge in [-0.25, -0.2) is 18.4 Å². The number of aromatic nitrogens is 2. The van der Waals surface area contributed by atoms with Crippen LogP contribution in [0, 0.1) is 19.3 Å². The number of hydrogen-bond donors (Lipinski definition) is 3. The summed E-state index contributed by atoms with van der Waals surface area (Å²) in [5, 5.41) is 6.60. The third kappa shape index (κ3) is 10.7. The lowest BCUT2D eigenvalue weighted by atomic mass is 9.86. The Balaban J connectivity index is 1.36. The lowest BCUT2D eigenvalue weighted by molar-refractivity contribution is 0.0692. The third-order valence-electron chi connectivity index (χ3n) is 8.89. The number of anilines is 2. The lowest BCUT2D eigenvalue weighted by Gasteiger charge is -2.24. The highest BCUT2D eigenvalue weighted by atomic mass is 32.2. The zero-order valence-electron chi connectivity index (χ0n) is 32.7. The first-order valence-corrected chi connectivity index (χ1v) is 19.8.